The molecule has 4 rings (SSSR count). The molecule has 0 fully saturated rings. The van der Waals surface area contributed by atoms with E-state index >= 15 is 0 Å². The van der Waals surface area contributed by atoms with Crippen molar-refractivity contribution in [2.24, 2.45) is 0 Å². The van der Waals surface area contributed by atoms with Crippen LogP contribution in [-0.2, 0) is 17.8 Å². The van der Waals surface area contributed by atoms with E-state index in [0.717, 1.165) is 11.2 Å². The number of rotatable bonds is 8. The molecule has 2 N–H and O–H groups in total. The van der Waals surface area contributed by atoms with Gasteiger partial charge in [-0.3, -0.25) is 24.4 Å². The first-order valence-corrected chi connectivity index (χ1v) is 10.7. The van der Waals surface area contributed by atoms with E-state index in [9.17, 15) is 14.4 Å². The minimum atomic E-state index is -0.308. The second kappa shape index (κ2) is 8.81. The Morgan fingerprint density at radius 1 is 1.13 bits per heavy atom. The van der Waals surface area contributed by atoms with Gasteiger partial charge >= 0.3 is 0 Å². The summed E-state index contributed by atoms with van der Waals surface area (Å²) < 4.78 is 2.45. The summed E-state index contributed by atoms with van der Waals surface area (Å²) in [5.41, 5.74) is 1.06. The van der Waals surface area contributed by atoms with E-state index in [4.69, 9.17) is 12.2 Å². The zero-order chi connectivity index (χ0) is 22.0. The van der Waals surface area contributed by atoms with Crippen LogP contribution in [0.4, 0.5) is 0 Å². The van der Waals surface area contributed by atoms with Gasteiger partial charge in [-0.15, -0.1) is 0 Å². The average molecular weight is 438 g/mol. The lowest BCUT2D eigenvalue weighted by molar-refractivity contribution is -0.121. The number of hydrogen-bond acceptors (Lipinski definition) is 5. The molecule has 1 aliphatic heterocycles. The summed E-state index contributed by atoms with van der Waals surface area (Å²) in [6.07, 6.45) is 1.19. The number of hydrogen-bond donors (Lipinski definition) is 2. The van der Waals surface area contributed by atoms with Crippen molar-refractivity contribution >= 4 is 40.7 Å². The number of benzene rings is 2. The Kier molecular flexibility index (Phi) is 5.94. The van der Waals surface area contributed by atoms with E-state index < -0.39 is 0 Å². The van der Waals surface area contributed by atoms with E-state index in [1.807, 2.05) is 35.8 Å². The zero-order valence-electron chi connectivity index (χ0n) is 17.2. The van der Waals surface area contributed by atoms with Crippen molar-refractivity contribution in [2.45, 2.75) is 32.7 Å². The van der Waals surface area contributed by atoms with E-state index in [-0.39, 0.29) is 30.7 Å². The minimum absolute atomic E-state index is 0.128. The first-order valence-electron chi connectivity index (χ1n) is 10.3. The molecular formula is C22H23N5O3S. The number of aromatic amines is 1. The quantitative estimate of drug-likeness (QED) is 0.417. The molecular weight excluding hydrogens is 414 g/mol. The standard InChI is InChI=1S/C22H23N5O3S/c1-2-26-17(24-25-22(26)31)11-12-23-18(28)10-5-13-27-20(29)15-8-3-6-14-7-4-9-16(19(14)15)21(27)30/h3-4,6-9H,2,5,10-13H2,1H3,(H,23,28)(H,25,31). The molecule has 1 aromatic heterocycles. The second-order valence-corrected chi connectivity index (χ2v) is 7.75. The number of aromatic nitrogens is 3. The smallest absolute Gasteiger partial charge is 0.261 e. The van der Waals surface area contributed by atoms with Gasteiger partial charge in [0.05, 0.1) is 0 Å². The molecule has 3 aromatic rings. The lowest BCUT2D eigenvalue weighted by Crippen LogP contribution is -2.41. The van der Waals surface area contributed by atoms with Crippen LogP contribution in [-0.4, -0.2) is 50.5 Å². The summed E-state index contributed by atoms with van der Waals surface area (Å²) in [5, 5.41) is 11.4. The summed E-state index contributed by atoms with van der Waals surface area (Å²) in [6, 6.07) is 10.9. The van der Waals surface area contributed by atoms with Gasteiger partial charge in [0, 0.05) is 49.0 Å². The first kappa shape index (κ1) is 20.9. The average Bonchev–Trinajstić information content (AvgIpc) is 3.13. The predicted molar refractivity (Wildman–Crippen MR) is 118 cm³/mol. The topological polar surface area (TPSA) is 100 Å². The van der Waals surface area contributed by atoms with Crippen LogP contribution in [0.2, 0.25) is 0 Å². The van der Waals surface area contributed by atoms with E-state index in [0.29, 0.717) is 47.2 Å². The molecule has 0 atom stereocenters. The van der Waals surface area contributed by atoms with Crippen LogP contribution in [0.3, 0.4) is 0 Å². The number of nitrogens with zero attached hydrogens (tertiary/aromatic N) is 3. The Balaban J connectivity index is 1.31. The largest absolute Gasteiger partial charge is 0.356 e. The molecule has 31 heavy (non-hydrogen) atoms. The third-order valence-corrected chi connectivity index (χ3v) is 5.78. The number of carbonyl (C=O) groups excluding carboxylic acids is 3. The normalized spacial score (nSPS) is 13.1. The highest BCUT2D eigenvalue weighted by atomic mass is 32.1. The van der Waals surface area contributed by atoms with E-state index in [1.54, 1.807) is 12.1 Å². The van der Waals surface area contributed by atoms with Crippen LogP contribution >= 0.6 is 12.2 Å². The minimum Gasteiger partial charge on any atom is -0.356 e. The highest BCUT2D eigenvalue weighted by Crippen LogP contribution is 2.29. The highest BCUT2D eigenvalue weighted by molar-refractivity contribution is 7.71. The van der Waals surface area contributed by atoms with Gasteiger partial charge in [-0.2, -0.15) is 5.10 Å². The summed E-state index contributed by atoms with van der Waals surface area (Å²) in [5.74, 6) is 0.0518. The molecule has 0 unspecified atom stereocenters. The van der Waals surface area contributed by atoms with Crippen molar-refractivity contribution in [3.63, 3.8) is 0 Å². The maximum absolute atomic E-state index is 12.9. The van der Waals surface area contributed by atoms with E-state index in [2.05, 4.69) is 15.5 Å². The molecule has 0 radical (unpaired) electrons. The SMILES string of the molecule is CCn1c(CCNC(=O)CCCN2C(=O)c3cccc4cccc(c34)C2=O)n[nH]c1=S. The van der Waals surface area contributed by atoms with Gasteiger partial charge in [-0.1, -0.05) is 24.3 Å². The number of carbonyl (C=O) groups is 3. The van der Waals surface area contributed by atoms with Gasteiger partial charge in [0.25, 0.3) is 11.8 Å². The molecule has 0 aliphatic carbocycles. The summed E-state index contributed by atoms with van der Waals surface area (Å²) in [4.78, 5) is 39.2. The van der Waals surface area contributed by atoms with E-state index in [1.165, 1.54) is 4.90 Å². The van der Waals surface area contributed by atoms with Crippen molar-refractivity contribution in [1.29, 1.82) is 0 Å². The maximum Gasteiger partial charge on any atom is 0.261 e. The maximum atomic E-state index is 12.9. The third kappa shape index (κ3) is 4.00. The molecule has 0 saturated carbocycles. The molecule has 0 bridgehead atoms. The molecule has 9 heteroatoms. The summed E-state index contributed by atoms with van der Waals surface area (Å²) in [6.45, 7) is 3.34. The second-order valence-electron chi connectivity index (χ2n) is 7.36. The van der Waals surface area contributed by atoms with Crippen molar-refractivity contribution in [1.82, 2.24) is 25.0 Å². The third-order valence-electron chi connectivity index (χ3n) is 5.47. The molecule has 160 valence electrons. The summed E-state index contributed by atoms with van der Waals surface area (Å²) in [7, 11) is 0. The summed E-state index contributed by atoms with van der Waals surface area (Å²) >= 11 is 5.16. The van der Waals surface area contributed by atoms with Crippen LogP contribution in [0.5, 0.6) is 0 Å². The van der Waals surface area contributed by atoms with Crippen molar-refractivity contribution in [2.75, 3.05) is 13.1 Å². The van der Waals surface area contributed by atoms with Crippen molar-refractivity contribution in [3.05, 3.63) is 58.1 Å². The molecule has 1 aliphatic rings. The Hall–Kier alpha value is -3.33. The van der Waals surface area contributed by atoms with Gasteiger partial charge in [-0.25, -0.2) is 0 Å². The number of imide groups is 1. The van der Waals surface area contributed by atoms with Gasteiger partial charge in [0.1, 0.15) is 5.82 Å². The lowest BCUT2D eigenvalue weighted by Gasteiger charge is -2.27. The first-order chi connectivity index (χ1) is 15.0. The molecule has 2 heterocycles. The monoisotopic (exact) mass is 437 g/mol. The van der Waals surface area contributed by atoms with Gasteiger partial charge < -0.3 is 9.88 Å². The fourth-order valence-electron chi connectivity index (χ4n) is 3.95. The molecule has 2 aromatic carbocycles. The lowest BCUT2D eigenvalue weighted by atomic mass is 9.94. The van der Waals surface area contributed by atoms with Gasteiger partial charge in [0.2, 0.25) is 5.91 Å². The molecule has 8 nitrogen and oxygen atoms in total. The van der Waals surface area contributed by atoms with Crippen LogP contribution in [0.1, 0.15) is 46.3 Å². The van der Waals surface area contributed by atoms with Gasteiger partial charge in [-0.05, 0) is 43.1 Å². The Bertz CT molecular complexity index is 1180. The van der Waals surface area contributed by atoms with Crippen molar-refractivity contribution in [3.8, 4) is 0 Å². The number of nitrogens with one attached hydrogen (secondary N) is 2. The molecule has 0 spiro atoms. The number of H-pyrrole nitrogens is 1. The van der Waals surface area contributed by atoms with Crippen LogP contribution < -0.4 is 5.32 Å². The Labute approximate surface area is 184 Å². The van der Waals surface area contributed by atoms with Crippen molar-refractivity contribution < 1.29 is 14.4 Å². The highest BCUT2D eigenvalue weighted by Gasteiger charge is 2.32. The Morgan fingerprint density at radius 3 is 2.45 bits per heavy atom. The zero-order valence-corrected chi connectivity index (χ0v) is 18.0. The number of amides is 3. The van der Waals surface area contributed by atoms with Crippen LogP contribution in [0, 0.1) is 4.77 Å². The fraction of sp³-hybridized carbons (Fsp3) is 0.318. The predicted octanol–water partition coefficient (Wildman–Crippen LogP) is 2.85. The van der Waals surface area contributed by atoms with Crippen LogP contribution in [0.15, 0.2) is 36.4 Å². The van der Waals surface area contributed by atoms with Gasteiger partial charge in [0.15, 0.2) is 4.77 Å². The molecule has 3 amide bonds. The Morgan fingerprint density at radius 2 is 1.81 bits per heavy atom. The van der Waals surface area contributed by atoms with Crippen LogP contribution in [0.25, 0.3) is 10.8 Å². The fourth-order valence-corrected chi connectivity index (χ4v) is 4.23. The molecule has 0 saturated heterocycles.